The van der Waals surface area contributed by atoms with Gasteiger partial charge in [-0.05, 0) is 25.0 Å². The van der Waals surface area contributed by atoms with E-state index in [-0.39, 0.29) is 6.61 Å². The Kier molecular flexibility index (Phi) is 5.50. The highest BCUT2D eigenvalue weighted by Gasteiger charge is 2.23. The zero-order valence-corrected chi connectivity index (χ0v) is 15.0. The molecule has 0 fully saturated rings. The minimum Gasteiger partial charge on any atom is -0.490 e. The van der Waals surface area contributed by atoms with Crippen LogP contribution in [0.3, 0.4) is 0 Å². The molecule has 1 atom stereocenters. The number of aryl methyl sites for hydroxylation is 2. The van der Waals surface area contributed by atoms with Gasteiger partial charge in [-0.15, -0.1) is 0 Å². The van der Waals surface area contributed by atoms with E-state index in [1.807, 2.05) is 32.0 Å². The molecule has 1 aliphatic heterocycles. The molecule has 1 aliphatic rings. The van der Waals surface area contributed by atoms with E-state index in [2.05, 4.69) is 14.9 Å². The van der Waals surface area contributed by atoms with Gasteiger partial charge in [-0.1, -0.05) is 18.2 Å². The van der Waals surface area contributed by atoms with E-state index in [9.17, 15) is 5.11 Å². The van der Waals surface area contributed by atoms with Gasteiger partial charge in [0.2, 0.25) is 5.88 Å². The summed E-state index contributed by atoms with van der Waals surface area (Å²) in [5.74, 6) is 1.48. The third kappa shape index (κ3) is 4.08. The molecule has 2 heterocycles. The van der Waals surface area contributed by atoms with Crippen LogP contribution in [-0.4, -0.2) is 52.9 Å². The highest BCUT2D eigenvalue weighted by Crippen LogP contribution is 2.25. The maximum absolute atomic E-state index is 10.4. The van der Waals surface area contributed by atoms with Crippen LogP contribution in [0.5, 0.6) is 11.6 Å². The number of methoxy groups -OCH3 is 1. The molecule has 134 valence electrons. The summed E-state index contributed by atoms with van der Waals surface area (Å²) >= 11 is 0. The fourth-order valence-corrected chi connectivity index (χ4v) is 3.26. The molecule has 1 aromatic heterocycles. The fraction of sp³-hybridized carbons (Fsp3) is 0.474. The summed E-state index contributed by atoms with van der Waals surface area (Å²) in [5, 5.41) is 10.4. The maximum atomic E-state index is 10.4. The lowest BCUT2D eigenvalue weighted by Crippen LogP contribution is -2.39. The Morgan fingerprint density at radius 1 is 1.24 bits per heavy atom. The number of aliphatic hydroxyl groups is 1. The fourth-order valence-electron chi connectivity index (χ4n) is 3.26. The number of hydrogen-bond acceptors (Lipinski definition) is 6. The number of aromatic nitrogens is 2. The van der Waals surface area contributed by atoms with Gasteiger partial charge in [0.05, 0.1) is 12.8 Å². The van der Waals surface area contributed by atoms with Gasteiger partial charge in [0.15, 0.2) is 0 Å². The molecule has 1 N–H and O–H groups in total. The van der Waals surface area contributed by atoms with E-state index in [0.717, 1.165) is 41.1 Å². The molecule has 0 aliphatic carbocycles. The summed E-state index contributed by atoms with van der Waals surface area (Å²) < 4.78 is 11.2. The molecular formula is C19H25N3O3. The minimum absolute atomic E-state index is 0.275. The SMILES string of the molecule is COc1ncnc2c1CN(C[C@@H](O)COc1c(C)cccc1C)CC2. The van der Waals surface area contributed by atoms with Crippen molar-refractivity contribution in [2.24, 2.45) is 0 Å². The predicted molar refractivity (Wildman–Crippen MR) is 95.0 cm³/mol. The van der Waals surface area contributed by atoms with Crippen LogP contribution in [-0.2, 0) is 13.0 Å². The van der Waals surface area contributed by atoms with Gasteiger partial charge in [0.25, 0.3) is 0 Å². The largest absolute Gasteiger partial charge is 0.490 e. The molecule has 25 heavy (non-hydrogen) atoms. The topological polar surface area (TPSA) is 67.7 Å². The van der Waals surface area contributed by atoms with Crippen molar-refractivity contribution in [2.75, 3.05) is 26.8 Å². The maximum Gasteiger partial charge on any atom is 0.220 e. The highest BCUT2D eigenvalue weighted by molar-refractivity contribution is 5.39. The first-order valence-electron chi connectivity index (χ1n) is 8.54. The number of para-hydroxylation sites is 1. The zero-order valence-electron chi connectivity index (χ0n) is 15.0. The van der Waals surface area contributed by atoms with Crippen LogP contribution in [0.15, 0.2) is 24.5 Å². The van der Waals surface area contributed by atoms with E-state index >= 15 is 0 Å². The van der Waals surface area contributed by atoms with Gasteiger partial charge < -0.3 is 14.6 Å². The lowest BCUT2D eigenvalue weighted by Gasteiger charge is -2.30. The second-order valence-corrected chi connectivity index (χ2v) is 6.48. The summed E-state index contributed by atoms with van der Waals surface area (Å²) in [5.41, 5.74) is 4.21. The van der Waals surface area contributed by atoms with Crippen molar-refractivity contribution < 1.29 is 14.6 Å². The van der Waals surface area contributed by atoms with Gasteiger partial charge >= 0.3 is 0 Å². The van der Waals surface area contributed by atoms with E-state index in [1.54, 1.807) is 13.4 Å². The van der Waals surface area contributed by atoms with Crippen LogP contribution in [0.4, 0.5) is 0 Å². The zero-order chi connectivity index (χ0) is 17.8. The average Bonchev–Trinajstić information content (AvgIpc) is 2.60. The second-order valence-electron chi connectivity index (χ2n) is 6.48. The van der Waals surface area contributed by atoms with Gasteiger partial charge in [-0.3, -0.25) is 4.90 Å². The minimum atomic E-state index is -0.559. The van der Waals surface area contributed by atoms with Crippen LogP contribution in [0.1, 0.15) is 22.4 Å². The van der Waals surface area contributed by atoms with Crippen LogP contribution >= 0.6 is 0 Å². The number of β-amino-alcohol motifs (C(OH)–C–C–N with tert-alkyl or cyclic N) is 1. The highest BCUT2D eigenvalue weighted by atomic mass is 16.5. The van der Waals surface area contributed by atoms with E-state index in [4.69, 9.17) is 9.47 Å². The lowest BCUT2D eigenvalue weighted by atomic mass is 10.1. The predicted octanol–water partition coefficient (Wildman–Crippen LogP) is 1.90. The molecule has 0 bridgehead atoms. The number of nitrogens with zero attached hydrogens (tertiary/aromatic N) is 3. The van der Waals surface area contributed by atoms with Gasteiger partial charge in [-0.25, -0.2) is 9.97 Å². The number of rotatable bonds is 6. The molecule has 2 aromatic rings. The first-order valence-corrected chi connectivity index (χ1v) is 8.54. The summed E-state index contributed by atoms with van der Waals surface area (Å²) in [7, 11) is 1.62. The van der Waals surface area contributed by atoms with Crippen molar-refractivity contribution in [1.82, 2.24) is 14.9 Å². The molecule has 0 unspecified atom stereocenters. The summed E-state index contributed by atoms with van der Waals surface area (Å²) in [6.45, 7) is 6.39. The van der Waals surface area contributed by atoms with Gasteiger partial charge in [0, 0.05) is 31.6 Å². The Hall–Kier alpha value is -2.18. The number of ether oxygens (including phenoxy) is 2. The Morgan fingerprint density at radius 3 is 2.72 bits per heavy atom. The number of hydrogen-bond donors (Lipinski definition) is 1. The smallest absolute Gasteiger partial charge is 0.220 e. The Bertz CT molecular complexity index is 701. The Labute approximate surface area is 148 Å². The van der Waals surface area contributed by atoms with Gasteiger partial charge in [-0.2, -0.15) is 0 Å². The van der Waals surface area contributed by atoms with Crippen LogP contribution in [0.2, 0.25) is 0 Å². The summed E-state index contributed by atoms with van der Waals surface area (Å²) in [4.78, 5) is 10.7. The van der Waals surface area contributed by atoms with Crippen molar-refractivity contribution in [3.8, 4) is 11.6 Å². The van der Waals surface area contributed by atoms with E-state index < -0.39 is 6.10 Å². The van der Waals surface area contributed by atoms with Crippen LogP contribution in [0, 0.1) is 13.8 Å². The first-order chi connectivity index (χ1) is 12.1. The standard InChI is InChI=1S/C19H25N3O3/c1-13-5-4-6-14(2)18(13)25-11-15(23)9-22-8-7-17-16(10-22)19(24-3)21-12-20-17/h4-6,12,15,23H,7-11H2,1-3H3/t15-/m1/s1. The summed E-state index contributed by atoms with van der Waals surface area (Å²) in [6.07, 6.45) is 1.82. The number of aliphatic hydroxyl groups excluding tert-OH is 1. The lowest BCUT2D eigenvalue weighted by molar-refractivity contribution is 0.0626. The third-order valence-electron chi connectivity index (χ3n) is 4.53. The summed E-state index contributed by atoms with van der Waals surface area (Å²) in [6, 6.07) is 6.04. The Balaban J connectivity index is 1.58. The van der Waals surface area contributed by atoms with Crippen molar-refractivity contribution in [3.63, 3.8) is 0 Å². The van der Waals surface area contributed by atoms with Crippen molar-refractivity contribution >= 4 is 0 Å². The average molecular weight is 343 g/mol. The number of fused-ring (bicyclic) bond motifs is 1. The molecule has 0 saturated carbocycles. The van der Waals surface area contributed by atoms with Gasteiger partial charge in [0.1, 0.15) is 24.8 Å². The van der Waals surface area contributed by atoms with E-state index in [1.165, 1.54) is 0 Å². The van der Waals surface area contributed by atoms with Crippen LogP contribution in [0.25, 0.3) is 0 Å². The molecule has 1 aromatic carbocycles. The van der Waals surface area contributed by atoms with Crippen molar-refractivity contribution in [2.45, 2.75) is 32.9 Å². The quantitative estimate of drug-likeness (QED) is 0.864. The molecule has 6 heteroatoms. The molecular weight excluding hydrogens is 318 g/mol. The molecule has 3 rings (SSSR count). The molecule has 0 amide bonds. The first kappa shape index (κ1) is 17.6. The molecule has 6 nitrogen and oxygen atoms in total. The third-order valence-corrected chi connectivity index (χ3v) is 4.53. The monoisotopic (exact) mass is 343 g/mol. The van der Waals surface area contributed by atoms with Crippen molar-refractivity contribution in [3.05, 3.63) is 46.9 Å². The van der Waals surface area contributed by atoms with Crippen molar-refractivity contribution in [1.29, 1.82) is 0 Å². The normalized spacial score (nSPS) is 15.5. The second kappa shape index (κ2) is 7.80. The molecule has 0 spiro atoms. The molecule has 0 radical (unpaired) electrons. The van der Waals surface area contributed by atoms with E-state index in [0.29, 0.717) is 19.0 Å². The van der Waals surface area contributed by atoms with Crippen LogP contribution < -0.4 is 9.47 Å². The number of benzene rings is 1. The molecule has 0 saturated heterocycles. The Morgan fingerprint density at radius 2 is 2.00 bits per heavy atom.